The molecule has 1 fully saturated rings. The van der Waals surface area contributed by atoms with E-state index in [4.69, 9.17) is 4.98 Å². The van der Waals surface area contributed by atoms with E-state index in [1.54, 1.807) is 4.68 Å². The molecular formula is C20H22N4O. The second-order valence-corrected chi connectivity index (χ2v) is 6.77. The van der Waals surface area contributed by atoms with Crippen molar-refractivity contribution in [2.75, 3.05) is 6.54 Å². The predicted molar refractivity (Wildman–Crippen MR) is 97.7 cm³/mol. The Hall–Kier alpha value is -2.69. The average Bonchev–Trinajstić information content (AvgIpc) is 3.42. The lowest BCUT2D eigenvalue weighted by molar-refractivity contribution is 0.0955. The van der Waals surface area contributed by atoms with Gasteiger partial charge in [-0.15, -0.1) is 0 Å². The summed E-state index contributed by atoms with van der Waals surface area (Å²) in [5.74, 6) is 0.455. The van der Waals surface area contributed by atoms with Crippen LogP contribution in [0.2, 0.25) is 0 Å². The standard InChI is InChI=1S/C20H22N4O/c1-13-18-16(20(25)21-11-10-14-6-4-3-5-7-14)12-17(15-8-9-15)22-19(18)24(2)23-13/h3-7,12,15H,8-11H2,1-2H3,(H,21,25). The monoisotopic (exact) mass is 334 g/mol. The van der Waals surface area contributed by atoms with Crippen molar-refractivity contribution in [3.63, 3.8) is 0 Å². The Morgan fingerprint density at radius 1 is 1.28 bits per heavy atom. The maximum Gasteiger partial charge on any atom is 0.252 e. The molecule has 1 amide bonds. The lowest BCUT2D eigenvalue weighted by Crippen LogP contribution is -2.26. The zero-order valence-electron chi connectivity index (χ0n) is 14.6. The number of hydrogen-bond acceptors (Lipinski definition) is 3. The van der Waals surface area contributed by atoms with Gasteiger partial charge in [-0.05, 0) is 37.8 Å². The van der Waals surface area contributed by atoms with Gasteiger partial charge < -0.3 is 5.32 Å². The van der Waals surface area contributed by atoms with Crippen molar-refractivity contribution in [2.45, 2.75) is 32.1 Å². The molecule has 0 aliphatic heterocycles. The zero-order chi connectivity index (χ0) is 17.4. The average molecular weight is 334 g/mol. The summed E-state index contributed by atoms with van der Waals surface area (Å²) in [4.78, 5) is 17.6. The fraction of sp³-hybridized carbons (Fsp3) is 0.350. The normalized spacial score (nSPS) is 14.0. The maximum absolute atomic E-state index is 12.8. The van der Waals surface area contributed by atoms with E-state index in [1.807, 2.05) is 38.2 Å². The highest BCUT2D eigenvalue weighted by Gasteiger charge is 2.28. The molecule has 128 valence electrons. The smallest absolute Gasteiger partial charge is 0.252 e. The third-order valence-corrected chi connectivity index (χ3v) is 4.77. The van der Waals surface area contributed by atoms with Crippen LogP contribution in [0, 0.1) is 6.92 Å². The van der Waals surface area contributed by atoms with Crippen molar-refractivity contribution in [3.05, 3.63) is 58.9 Å². The van der Waals surface area contributed by atoms with Gasteiger partial charge in [0.25, 0.3) is 5.91 Å². The van der Waals surface area contributed by atoms with Crippen LogP contribution in [-0.2, 0) is 13.5 Å². The highest BCUT2D eigenvalue weighted by molar-refractivity contribution is 6.06. The summed E-state index contributed by atoms with van der Waals surface area (Å²) >= 11 is 0. The van der Waals surface area contributed by atoms with Crippen LogP contribution in [0.25, 0.3) is 11.0 Å². The van der Waals surface area contributed by atoms with Gasteiger partial charge in [0.1, 0.15) is 0 Å². The van der Waals surface area contributed by atoms with E-state index in [0.717, 1.165) is 41.7 Å². The highest BCUT2D eigenvalue weighted by Crippen LogP contribution is 2.40. The number of carbonyl (C=O) groups excluding carboxylic acids is 1. The Morgan fingerprint density at radius 2 is 2.04 bits per heavy atom. The van der Waals surface area contributed by atoms with E-state index in [9.17, 15) is 4.79 Å². The molecule has 0 bridgehead atoms. The molecule has 1 aliphatic rings. The number of amides is 1. The number of benzene rings is 1. The van der Waals surface area contributed by atoms with Crippen LogP contribution < -0.4 is 5.32 Å². The third kappa shape index (κ3) is 3.14. The highest BCUT2D eigenvalue weighted by atomic mass is 16.1. The second kappa shape index (κ2) is 6.31. The number of fused-ring (bicyclic) bond motifs is 1. The second-order valence-electron chi connectivity index (χ2n) is 6.77. The SMILES string of the molecule is Cc1nn(C)c2nc(C3CC3)cc(C(=O)NCCc3ccccc3)c12. The van der Waals surface area contributed by atoms with E-state index in [-0.39, 0.29) is 5.91 Å². The van der Waals surface area contributed by atoms with E-state index >= 15 is 0 Å². The number of carbonyl (C=O) groups is 1. The van der Waals surface area contributed by atoms with Crippen LogP contribution in [0.3, 0.4) is 0 Å². The zero-order valence-corrected chi connectivity index (χ0v) is 14.6. The maximum atomic E-state index is 12.8. The number of rotatable bonds is 5. The molecule has 5 nitrogen and oxygen atoms in total. The van der Waals surface area contributed by atoms with Crippen molar-refractivity contribution in [1.82, 2.24) is 20.1 Å². The van der Waals surface area contributed by atoms with Crippen LogP contribution in [0.5, 0.6) is 0 Å². The molecule has 4 rings (SSSR count). The van der Waals surface area contributed by atoms with Gasteiger partial charge in [0.05, 0.1) is 16.6 Å². The number of aryl methyl sites for hydroxylation is 2. The Balaban J connectivity index is 1.59. The van der Waals surface area contributed by atoms with Gasteiger partial charge >= 0.3 is 0 Å². The van der Waals surface area contributed by atoms with E-state index < -0.39 is 0 Å². The van der Waals surface area contributed by atoms with Crippen molar-refractivity contribution >= 4 is 16.9 Å². The first-order valence-corrected chi connectivity index (χ1v) is 8.80. The summed E-state index contributed by atoms with van der Waals surface area (Å²) in [5.41, 5.74) is 4.59. The lowest BCUT2D eigenvalue weighted by atomic mass is 10.1. The molecule has 1 N–H and O–H groups in total. The van der Waals surface area contributed by atoms with Gasteiger partial charge in [0, 0.05) is 25.2 Å². The third-order valence-electron chi connectivity index (χ3n) is 4.77. The Labute approximate surface area is 147 Å². The Kier molecular flexibility index (Phi) is 3.99. The minimum absolute atomic E-state index is 0.0404. The van der Waals surface area contributed by atoms with Crippen LogP contribution in [0.4, 0.5) is 0 Å². The molecule has 1 aliphatic carbocycles. The predicted octanol–water partition coefficient (Wildman–Crippen LogP) is 3.13. The first-order chi connectivity index (χ1) is 12.1. The summed E-state index contributed by atoms with van der Waals surface area (Å²) < 4.78 is 1.78. The van der Waals surface area contributed by atoms with Gasteiger partial charge in [0.2, 0.25) is 0 Å². The minimum atomic E-state index is -0.0404. The summed E-state index contributed by atoms with van der Waals surface area (Å²) in [6.07, 6.45) is 3.14. The molecule has 0 atom stereocenters. The van der Waals surface area contributed by atoms with E-state index in [1.165, 1.54) is 5.56 Å². The Morgan fingerprint density at radius 3 is 2.76 bits per heavy atom. The lowest BCUT2D eigenvalue weighted by Gasteiger charge is -2.09. The molecule has 25 heavy (non-hydrogen) atoms. The number of nitrogens with zero attached hydrogens (tertiary/aromatic N) is 3. The van der Waals surface area contributed by atoms with Crippen molar-refractivity contribution in [1.29, 1.82) is 0 Å². The number of aromatic nitrogens is 3. The van der Waals surface area contributed by atoms with Gasteiger partial charge in [-0.25, -0.2) is 4.98 Å². The Bertz CT molecular complexity index is 926. The van der Waals surface area contributed by atoms with Crippen LogP contribution in [0.1, 0.15) is 46.1 Å². The fourth-order valence-electron chi connectivity index (χ4n) is 3.29. The van der Waals surface area contributed by atoms with Crippen LogP contribution >= 0.6 is 0 Å². The molecule has 1 saturated carbocycles. The molecule has 0 radical (unpaired) electrons. The summed E-state index contributed by atoms with van der Waals surface area (Å²) in [7, 11) is 1.89. The van der Waals surface area contributed by atoms with Gasteiger partial charge in [-0.3, -0.25) is 9.48 Å². The first-order valence-electron chi connectivity index (χ1n) is 8.80. The molecule has 0 spiro atoms. The van der Waals surface area contributed by atoms with E-state index in [0.29, 0.717) is 18.0 Å². The topological polar surface area (TPSA) is 59.8 Å². The summed E-state index contributed by atoms with van der Waals surface area (Å²) in [5, 5.41) is 8.38. The van der Waals surface area contributed by atoms with Crippen molar-refractivity contribution in [3.8, 4) is 0 Å². The van der Waals surface area contributed by atoms with Gasteiger partial charge in [-0.1, -0.05) is 30.3 Å². The van der Waals surface area contributed by atoms with Crippen LogP contribution in [0.15, 0.2) is 36.4 Å². The molecule has 0 unspecified atom stereocenters. The number of nitrogens with one attached hydrogen (secondary N) is 1. The molecular weight excluding hydrogens is 312 g/mol. The summed E-state index contributed by atoms with van der Waals surface area (Å²) in [6, 6.07) is 12.2. The number of hydrogen-bond donors (Lipinski definition) is 1. The van der Waals surface area contributed by atoms with Crippen molar-refractivity contribution in [2.24, 2.45) is 7.05 Å². The van der Waals surface area contributed by atoms with Crippen molar-refractivity contribution < 1.29 is 4.79 Å². The molecule has 1 aromatic carbocycles. The quantitative estimate of drug-likeness (QED) is 0.780. The fourth-order valence-corrected chi connectivity index (χ4v) is 3.29. The molecule has 5 heteroatoms. The summed E-state index contributed by atoms with van der Waals surface area (Å²) in [6.45, 7) is 2.55. The first kappa shape index (κ1) is 15.8. The largest absolute Gasteiger partial charge is 0.352 e. The van der Waals surface area contributed by atoms with Crippen LogP contribution in [-0.4, -0.2) is 27.2 Å². The van der Waals surface area contributed by atoms with Gasteiger partial charge in [-0.2, -0.15) is 5.10 Å². The molecule has 2 heterocycles. The van der Waals surface area contributed by atoms with Gasteiger partial charge in [0.15, 0.2) is 5.65 Å². The molecule has 2 aromatic heterocycles. The minimum Gasteiger partial charge on any atom is -0.352 e. The molecule has 3 aromatic rings. The number of pyridine rings is 1. The van der Waals surface area contributed by atoms with E-state index in [2.05, 4.69) is 22.5 Å². The molecule has 0 saturated heterocycles.